The molecule has 0 aliphatic rings. The first-order valence-electron chi connectivity index (χ1n) is 8.82. The Balaban J connectivity index is 1.54. The molecule has 0 saturated carbocycles. The molecule has 0 fully saturated rings. The van der Waals surface area contributed by atoms with Crippen LogP contribution < -0.4 is 15.4 Å². The van der Waals surface area contributed by atoms with Crippen LogP contribution in [0.2, 0.25) is 0 Å². The number of hydrogen-bond acceptors (Lipinski definition) is 7. The van der Waals surface area contributed by atoms with Crippen molar-refractivity contribution in [3.8, 4) is 5.75 Å². The van der Waals surface area contributed by atoms with Gasteiger partial charge in [-0.1, -0.05) is 23.8 Å². The molecular formula is C21H20N4O4. The van der Waals surface area contributed by atoms with Crippen LogP contribution in [-0.2, 0) is 9.53 Å². The highest BCUT2D eigenvalue weighted by molar-refractivity contribution is 5.91. The first-order valence-corrected chi connectivity index (χ1v) is 8.82. The Morgan fingerprint density at radius 3 is 2.38 bits per heavy atom. The minimum absolute atomic E-state index is 0.134. The van der Waals surface area contributed by atoms with E-state index in [1.165, 1.54) is 7.11 Å². The maximum atomic E-state index is 12.0. The molecule has 148 valence electrons. The van der Waals surface area contributed by atoms with E-state index in [0.29, 0.717) is 28.6 Å². The summed E-state index contributed by atoms with van der Waals surface area (Å²) < 4.78 is 10.1. The number of nitrogens with zero attached hydrogens (tertiary/aromatic N) is 2. The SMILES string of the molecule is COC(=O)c1cccc(Nc2ccc(NC(=O)COc3ccc(C)cc3)nn2)c1. The van der Waals surface area contributed by atoms with Gasteiger partial charge in [0.15, 0.2) is 18.2 Å². The van der Waals surface area contributed by atoms with Gasteiger partial charge in [0.25, 0.3) is 5.91 Å². The van der Waals surface area contributed by atoms with E-state index < -0.39 is 5.97 Å². The molecule has 0 atom stereocenters. The Hall–Kier alpha value is -3.94. The Labute approximate surface area is 167 Å². The number of aryl methyl sites for hydroxylation is 1. The van der Waals surface area contributed by atoms with Crippen molar-refractivity contribution in [2.24, 2.45) is 0 Å². The lowest BCUT2D eigenvalue weighted by Gasteiger charge is -2.09. The molecule has 8 nitrogen and oxygen atoms in total. The Morgan fingerprint density at radius 2 is 1.69 bits per heavy atom. The molecule has 3 rings (SSSR count). The van der Waals surface area contributed by atoms with Crippen molar-refractivity contribution >= 4 is 29.2 Å². The number of aromatic nitrogens is 2. The molecule has 1 aromatic heterocycles. The van der Waals surface area contributed by atoms with Crippen LogP contribution >= 0.6 is 0 Å². The van der Waals surface area contributed by atoms with E-state index in [-0.39, 0.29) is 12.5 Å². The highest BCUT2D eigenvalue weighted by Gasteiger charge is 2.08. The zero-order chi connectivity index (χ0) is 20.6. The van der Waals surface area contributed by atoms with Gasteiger partial charge < -0.3 is 20.1 Å². The zero-order valence-electron chi connectivity index (χ0n) is 16.0. The predicted octanol–water partition coefficient (Wildman–Crippen LogP) is 3.33. The summed E-state index contributed by atoms with van der Waals surface area (Å²) in [5.41, 5.74) is 2.19. The van der Waals surface area contributed by atoms with Crippen molar-refractivity contribution in [2.45, 2.75) is 6.92 Å². The minimum Gasteiger partial charge on any atom is -0.484 e. The molecule has 1 amide bonds. The number of benzene rings is 2. The van der Waals surface area contributed by atoms with Crippen LogP contribution in [0.3, 0.4) is 0 Å². The second-order valence-electron chi connectivity index (χ2n) is 6.15. The lowest BCUT2D eigenvalue weighted by atomic mass is 10.2. The summed E-state index contributed by atoms with van der Waals surface area (Å²) in [5.74, 6) is 0.611. The lowest BCUT2D eigenvalue weighted by Crippen LogP contribution is -2.21. The van der Waals surface area contributed by atoms with Gasteiger partial charge in [-0.05, 0) is 49.4 Å². The van der Waals surface area contributed by atoms with Gasteiger partial charge >= 0.3 is 5.97 Å². The van der Waals surface area contributed by atoms with Gasteiger partial charge in [-0.25, -0.2) is 4.79 Å². The summed E-state index contributed by atoms with van der Waals surface area (Å²) in [6, 6.07) is 17.5. The number of anilines is 3. The van der Waals surface area contributed by atoms with Gasteiger partial charge in [-0.15, -0.1) is 10.2 Å². The van der Waals surface area contributed by atoms with Gasteiger partial charge in [0.05, 0.1) is 12.7 Å². The molecule has 0 aliphatic carbocycles. The molecule has 0 radical (unpaired) electrons. The Kier molecular flexibility index (Phi) is 6.36. The largest absolute Gasteiger partial charge is 0.484 e. The van der Waals surface area contributed by atoms with E-state index in [1.54, 1.807) is 48.5 Å². The molecule has 29 heavy (non-hydrogen) atoms. The number of nitrogens with one attached hydrogen (secondary N) is 2. The fourth-order valence-electron chi connectivity index (χ4n) is 2.42. The van der Waals surface area contributed by atoms with Gasteiger partial charge in [0, 0.05) is 5.69 Å². The average molecular weight is 392 g/mol. The fraction of sp³-hybridized carbons (Fsp3) is 0.143. The number of ether oxygens (including phenoxy) is 2. The quantitative estimate of drug-likeness (QED) is 0.595. The summed E-state index contributed by atoms with van der Waals surface area (Å²) in [6.45, 7) is 1.84. The van der Waals surface area contributed by atoms with E-state index in [9.17, 15) is 9.59 Å². The van der Waals surface area contributed by atoms with E-state index in [1.807, 2.05) is 19.1 Å². The summed E-state index contributed by atoms with van der Waals surface area (Å²) >= 11 is 0. The monoisotopic (exact) mass is 392 g/mol. The number of carbonyl (C=O) groups excluding carboxylic acids is 2. The molecule has 8 heteroatoms. The topological polar surface area (TPSA) is 102 Å². The van der Waals surface area contributed by atoms with Crippen molar-refractivity contribution in [2.75, 3.05) is 24.4 Å². The molecule has 0 aliphatic heterocycles. The summed E-state index contributed by atoms with van der Waals surface area (Å²) in [5, 5.41) is 13.6. The average Bonchev–Trinajstić information content (AvgIpc) is 2.74. The number of hydrogen-bond donors (Lipinski definition) is 2. The normalized spacial score (nSPS) is 10.1. The van der Waals surface area contributed by atoms with Crippen LogP contribution in [0.1, 0.15) is 15.9 Å². The molecule has 2 N–H and O–H groups in total. The Morgan fingerprint density at radius 1 is 0.966 bits per heavy atom. The number of methoxy groups -OCH3 is 1. The number of carbonyl (C=O) groups is 2. The third-order valence-corrected chi connectivity index (χ3v) is 3.88. The van der Waals surface area contributed by atoms with E-state index >= 15 is 0 Å². The molecule has 3 aromatic rings. The number of amides is 1. The molecule has 2 aromatic carbocycles. The van der Waals surface area contributed by atoms with E-state index in [0.717, 1.165) is 5.56 Å². The van der Waals surface area contributed by atoms with Gasteiger partial charge in [-0.3, -0.25) is 4.79 Å². The van der Waals surface area contributed by atoms with E-state index in [2.05, 4.69) is 20.8 Å². The van der Waals surface area contributed by atoms with Crippen molar-refractivity contribution in [1.29, 1.82) is 0 Å². The van der Waals surface area contributed by atoms with Crippen LogP contribution in [-0.4, -0.2) is 35.8 Å². The predicted molar refractivity (Wildman–Crippen MR) is 108 cm³/mol. The first kappa shape index (κ1) is 19.8. The van der Waals surface area contributed by atoms with Gasteiger partial charge in [0.1, 0.15) is 5.75 Å². The summed E-state index contributed by atoms with van der Waals surface area (Å²) in [6.07, 6.45) is 0. The van der Waals surface area contributed by atoms with Crippen molar-refractivity contribution < 1.29 is 19.1 Å². The maximum absolute atomic E-state index is 12.0. The van der Waals surface area contributed by atoms with Gasteiger partial charge in [0.2, 0.25) is 0 Å². The standard InChI is InChI=1S/C21H20N4O4/c1-14-6-8-17(9-7-14)29-13-20(26)23-19-11-10-18(24-25-19)22-16-5-3-4-15(12-16)21(27)28-2/h3-12H,13H2,1-2H3,(H,22,24)(H,23,25,26). The van der Waals surface area contributed by atoms with E-state index in [4.69, 9.17) is 9.47 Å². The van der Waals surface area contributed by atoms with Crippen LogP contribution in [0.4, 0.5) is 17.3 Å². The molecule has 1 heterocycles. The summed E-state index contributed by atoms with van der Waals surface area (Å²) in [7, 11) is 1.33. The van der Waals surface area contributed by atoms with Crippen molar-refractivity contribution in [3.63, 3.8) is 0 Å². The van der Waals surface area contributed by atoms with Crippen molar-refractivity contribution in [3.05, 3.63) is 71.8 Å². The van der Waals surface area contributed by atoms with Crippen LogP contribution in [0.15, 0.2) is 60.7 Å². The lowest BCUT2D eigenvalue weighted by molar-refractivity contribution is -0.118. The molecular weight excluding hydrogens is 372 g/mol. The van der Waals surface area contributed by atoms with Crippen molar-refractivity contribution in [1.82, 2.24) is 10.2 Å². The second-order valence-corrected chi connectivity index (χ2v) is 6.15. The number of esters is 1. The highest BCUT2D eigenvalue weighted by Crippen LogP contribution is 2.17. The molecule has 0 unspecified atom stereocenters. The zero-order valence-corrected chi connectivity index (χ0v) is 16.0. The molecule has 0 saturated heterocycles. The Bertz CT molecular complexity index is 988. The highest BCUT2D eigenvalue weighted by atomic mass is 16.5. The van der Waals surface area contributed by atoms with Crippen LogP contribution in [0.5, 0.6) is 5.75 Å². The molecule has 0 spiro atoms. The third-order valence-electron chi connectivity index (χ3n) is 3.88. The third kappa shape index (κ3) is 5.77. The molecule has 0 bridgehead atoms. The fourth-order valence-corrected chi connectivity index (χ4v) is 2.42. The summed E-state index contributed by atoms with van der Waals surface area (Å²) in [4.78, 5) is 23.6. The smallest absolute Gasteiger partial charge is 0.337 e. The van der Waals surface area contributed by atoms with Gasteiger partial charge in [-0.2, -0.15) is 0 Å². The first-order chi connectivity index (χ1) is 14.0. The minimum atomic E-state index is -0.425. The van der Waals surface area contributed by atoms with Crippen LogP contribution in [0.25, 0.3) is 0 Å². The second kappa shape index (κ2) is 9.32. The number of rotatable bonds is 7. The maximum Gasteiger partial charge on any atom is 0.337 e. The van der Waals surface area contributed by atoms with Crippen LogP contribution in [0, 0.1) is 6.92 Å².